The van der Waals surface area contributed by atoms with Gasteiger partial charge in [-0.25, -0.2) is 4.39 Å². The van der Waals surface area contributed by atoms with Crippen molar-refractivity contribution < 1.29 is 9.18 Å². The fraction of sp³-hybridized carbons (Fsp3) is 0.348. The Morgan fingerprint density at radius 1 is 1.03 bits per heavy atom. The van der Waals surface area contributed by atoms with E-state index in [1.807, 2.05) is 17.0 Å². The number of benzene rings is 2. The summed E-state index contributed by atoms with van der Waals surface area (Å²) in [4.78, 5) is 14.6. The van der Waals surface area contributed by atoms with Crippen LogP contribution in [0.1, 0.15) is 29.8 Å². The number of anilines is 2. The summed E-state index contributed by atoms with van der Waals surface area (Å²) < 4.78 is 14.0. The zero-order chi connectivity index (χ0) is 20.8. The van der Waals surface area contributed by atoms with Crippen LogP contribution in [-0.2, 0) is 17.6 Å². The molecule has 1 N–H and O–H groups in total. The number of hydrogen-bond donors (Lipinski definition) is 1. The van der Waals surface area contributed by atoms with Gasteiger partial charge in [-0.15, -0.1) is 10.2 Å². The quantitative estimate of drug-likeness (QED) is 0.597. The number of para-hydroxylation sites is 1. The third-order valence-electron chi connectivity index (χ3n) is 5.45. The molecule has 1 amide bonds. The molecule has 2 heterocycles. The molecule has 1 aliphatic heterocycles. The van der Waals surface area contributed by atoms with Gasteiger partial charge in [-0.2, -0.15) is 0 Å². The second kappa shape index (κ2) is 9.80. The van der Waals surface area contributed by atoms with Crippen molar-refractivity contribution in [1.29, 1.82) is 0 Å². The molecule has 5 nitrogen and oxygen atoms in total. The number of amides is 1. The number of piperidine rings is 1. The second-order valence-electron chi connectivity index (χ2n) is 7.54. The van der Waals surface area contributed by atoms with Gasteiger partial charge in [0.25, 0.3) is 0 Å². The van der Waals surface area contributed by atoms with Crippen LogP contribution in [0.25, 0.3) is 0 Å². The van der Waals surface area contributed by atoms with E-state index in [1.54, 1.807) is 12.1 Å². The number of hydrogen-bond acceptors (Lipinski definition) is 5. The molecule has 0 atom stereocenters. The first kappa shape index (κ1) is 20.5. The minimum absolute atomic E-state index is 0.0184. The summed E-state index contributed by atoms with van der Waals surface area (Å²) in [5.74, 6) is -0.317. The SMILES string of the molecule is O=C(Nc1nnc(CCCc2ccccc2)s1)C1CCN(c2ccccc2F)CC1. The average Bonchev–Trinajstić information content (AvgIpc) is 3.22. The van der Waals surface area contributed by atoms with Gasteiger partial charge in [0.05, 0.1) is 5.69 Å². The Morgan fingerprint density at radius 2 is 1.77 bits per heavy atom. The number of aromatic nitrogens is 2. The molecule has 0 unspecified atom stereocenters. The van der Waals surface area contributed by atoms with Crippen LogP contribution in [0.2, 0.25) is 0 Å². The van der Waals surface area contributed by atoms with Crippen molar-refractivity contribution in [2.75, 3.05) is 23.3 Å². The highest BCUT2D eigenvalue weighted by Gasteiger charge is 2.26. The van der Waals surface area contributed by atoms with Crippen molar-refractivity contribution in [1.82, 2.24) is 10.2 Å². The van der Waals surface area contributed by atoms with E-state index in [4.69, 9.17) is 0 Å². The molecule has 0 bridgehead atoms. The number of halogens is 1. The van der Waals surface area contributed by atoms with E-state index in [-0.39, 0.29) is 17.6 Å². The monoisotopic (exact) mass is 424 g/mol. The Balaban J connectivity index is 1.23. The van der Waals surface area contributed by atoms with Crippen LogP contribution in [0.3, 0.4) is 0 Å². The van der Waals surface area contributed by atoms with Gasteiger partial charge in [0.1, 0.15) is 10.8 Å². The Bertz CT molecular complexity index is 970. The van der Waals surface area contributed by atoms with E-state index < -0.39 is 0 Å². The maximum absolute atomic E-state index is 14.0. The molecule has 0 radical (unpaired) electrons. The van der Waals surface area contributed by atoms with Gasteiger partial charge in [-0.1, -0.05) is 53.8 Å². The van der Waals surface area contributed by atoms with Crippen molar-refractivity contribution in [2.45, 2.75) is 32.1 Å². The average molecular weight is 425 g/mol. The smallest absolute Gasteiger partial charge is 0.229 e. The molecular formula is C23H25FN4OS. The molecular weight excluding hydrogens is 399 g/mol. The third kappa shape index (κ3) is 5.21. The molecule has 1 saturated heterocycles. The van der Waals surface area contributed by atoms with E-state index >= 15 is 0 Å². The lowest BCUT2D eigenvalue weighted by Crippen LogP contribution is -2.38. The van der Waals surface area contributed by atoms with Crippen LogP contribution >= 0.6 is 11.3 Å². The molecule has 2 aromatic carbocycles. The van der Waals surface area contributed by atoms with Crippen LogP contribution in [0.5, 0.6) is 0 Å². The topological polar surface area (TPSA) is 58.1 Å². The normalized spacial score (nSPS) is 14.6. The summed E-state index contributed by atoms with van der Waals surface area (Å²) >= 11 is 1.45. The van der Waals surface area contributed by atoms with Crippen LogP contribution < -0.4 is 10.2 Å². The first-order valence-corrected chi connectivity index (χ1v) is 11.2. The van der Waals surface area contributed by atoms with Crippen LogP contribution in [0, 0.1) is 11.7 Å². The molecule has 1 fully saturated rings. The van der Waals surface area contributed by atoms with Gasteiger partial charge >= 0.3 is 0 Å². The Morgan fingerprint density at radius 3 is 2.53 bits per heavy atom. The maximum atomic E-state index is 14.0. The van der Waals surface area contributed by atoms with Crippen molar-refractivity contribution in [3.05, 3.63) is 71.0 Å². The van der Waals surface area contributed by atoms with Gasteiger partial charge in [-0.05, 0) is 43.4 Å². The van der Waals surface area contributed by atoms with Crippen LogP contribution in [-0.4, -0.2) is 29.2 Å². The summed E-state index contributed by atoms with van der Waals surface area (Å²) in [5.41, 5.74) is 1.93. The zero-order valence-electron chi connectivity index (χ0n) is 16.8. The number of carbonyl (C=O) groups excluding carboxylic acids is 1. The summed E-state index contributed by atoms with van der Waals surface area (Å²) in [6, 6.07) is 17.2. The van der Waals surface area contributed by atoms with Gasteiger partial charge in [0, 0.05) is 25.4 Å². The molecule has 0 spiro atoms. The predicted octanol–water partition coefficient (Wildman–Crippen LogP) is 4.71. The minimum Gasteiger partial charge on any atom is -0.369 e. The standard InChI is InChI=1S/C23H25FN4OS/c24-19-10-4-5-11-20(19)28-15-13-18(14-16-28)22(29)25-23-27-26-21(30-23)12-6-9-17-7-2-1-3-8-17/h1-5,7-8,10-11,18H,6,9,12-16H2,(H,25,27,29). The van der Waals surface area contributed by atoms with Crippen molar-refractivity contribution in [2.24, 2.45) is 5.92 Å². The van der Waals surface area contributed by atoms with E-state index in [0.717, 1.165) is 24.3 Å². The molecule has 30 heavy (non-hydrogen) atoms. The van der Waals surface area contributed by atoms with Gasteiger partial charge in [0.15, 0.2) is 0 Å². The van der Waals surface area contributed by atoms with E-state index in [0.29, 0.717) is 36.8 Å². The predicted molar refractivity (Wildman–Crippen MR) is 118 cm³/mol. The molecule has 4 rings (SSSR count). The third-order valence-corrected chi connectivity index (χ3v) is 6.35. The molecule has 0 aliphatic carbocycles. The van der Waals surface area contributed by atoms with E-state index in [1.165, 1.54) is 23.0 Å². The maximum Gasteiger partial charge on any atom is 0.229 e. The zero-order valence-corrected chi connectivity index (χ0v) is 17.6. The highest BCUT2D eigenvalue weighted by Crippen LogP contribution is 2.27. The van der Waals surface area contributed by atoms with Crippen molar-refractivity contribution in [3.63, 3.8) is 0 Å². The molecule has 0 saturated carbocycles. The summed E-state index contributed by atoms with van der Waals surface area (Å²) in [6.07, 6.45) is 4.25. The highest BCUT2D eigenvalue weighted by molar-refractivity contribution is 7.15. The summed E-state index contributed by atoms with van der Waals surface area (Å²) in [6.45, 7) is 1.33. The Hall–Kier alpha value is -2.80. The van der Waals surface area contributed by atoms with Crippen molar-refractivity contribution >= 4 is 28.1 Å². The van der Waals surface area contributed by atoms with Gasteiger partial charge in [0.2, 0.25) is 11.0 Å². The Labute approximate surface area is 180 Å². The van der Waals surface area contributed by atoms with Gasteiger partial charge in [-0.3, -0.25) is 4.79 Å². The summed E-state index contributed by atoms with van der Waals surface area (Å²) in [7, 11) is 0. The van der Waals surface area contributed by atoms with Crippen LogP contribution in [0.15, 0.2) is 54.6 Å². The minimum atomic E-state index is -0.214. The van der Waals surface area contributed by atoms with Crippen LogP contribution in [0.4, 0.5) is 15.2 Å². The first-order chi connectivity index (χ1) is 14.7. The first-order valence-electron chi connectivity index (χ1n) is 10.4. The van der Waals surface area contributed by atoms with E-state index in [9.17, 15) is 9.18 Å². The Kier molecular flexibility index (Phi) is 6.69. The number of carbonyl (C=O) groups is 1. The molecule has 1 aliphatic rings. The lowest BCUT2D eigenvalue weighted by atomic mass is 9.95. The molecule has 156 valence electrons. The number of nitrogens with zero attached hydrogens (tertiary/aromatic N) is 3. The van der Waals surface area contributed by atoms with Crippen molar-refractivity contribution in [3.8, 4) is 0 Å². The number of nitrogens with one attached hydrogen (secondary N) is 1. The van der Waals surface area contributed by atoms with E-state index in [2.05, 4.69) is 39.8 Å². The molecule has 3 aromatic rings. The second-order valence-corrected chi connectivity index (χ2v) is 8.60. The molecule has 1 aromatic heterocycles. The number of rotatable bonds is 7. The fourth-order valence-corrected chi connectivity index (χ4v) is 4.58. The van der Waals surface area contributed by atoms with Gasteiger partial charge < -0.3 is 10.2 Å². The molecule has 7 heteroatoms. The largest absolute Gasteiger partial charge is 0.369 e. The highest BCUT2D eigenvalue weighted by atomic mass is 32.1. The number of aryl methyl sites for hydroxylation is 2. The lowest BCUT2D eigenvalue weighted by Gasteiger charge is -2.33. The summed E-state index contributed by atoms with van der Waals surface area (Å²) in [5, 5.41) is 12.8. The lowest BCUT2D eigenvalue weighted by molar-refractivity contribution is -0.120. The fourth-order valence-electron chi connectivity index (χ4n) is 3.79.